The van der Waals surface area contributed by atoms with Crippen molar-refractivity contribution in [3.05, 3.63) is 101 Å². The van der Waals surface area contributed by atoms with Crippen LogP contribution < -0.4 is 4.74 Å². The van der Waals surface area contributed by atoms with Crippen LogP contribution in [0.25, 0.3) is 17.2 Å². The van der Waals surface area contributed by atoms with Gasteiger partial charge in [0.1, 0.15) is 29.2 Å². The van der Waals surface area contributed by atoms with E-state index in [4.69, 9.17) is 4.74 Å². The zero-order chi connectivity index (χ0) is 24.5. The molecule has 0 spiro atoms. The SMILES string of the molecule is CC1=C(c2cc(F)cc(F)c2)[C@@H](c2ccc(/C=C/CN3CC(CF)C3)cc2)Oc2cc(O)ccc21. The summed E-state index contributed by atoms with van der Waals surface area (Å²) in [4.78, 5) is 2.19. The molecule has 5 rings (SSSR count). The second-order valence-corrected chi connectivity index (χ2v) is 9.18. The highest BCUT2D eigenvalue weighted by Crippen LogP contribution is 2.47. The summed E-state index contributed by atoms with van der Waals surface area (Å²) in [7, 11) is 0. The van der Waals surface area contributed by atoms with Gasteiger partial charge in [-0.25, -0.2) is 8.78 Å². The number of allylic oxidation sites excluding steroid dienone is 1. The van der Waals surface area contributed by atoms with Crippen molar-refractivity contribution in [1.29, 1.82) is 0 Å². The molecule has 2 heterocycles. The molecule has 3 aromatic carbocycles. The van der Waals surface area contributed by atoms with E-state index in [0.717, 1.165) is 48.0 Å². The van der Waals surface area contributed by atoms with Gasteiger partial charge >= 0.3 is 0 Å². The second-order valence-electron chi connectivity index (χ2n) is 9.18. The maximum absolute atomic E-state index is 14.1. The molecule has 3 nitrogen and oxygen atoms in total. The van der Waals surface area contributed by atoms with E-state index < -0.39 is 17.7 Å². The number of hydrogen-bond acceptors (Lipinski definition) is 3. The van der Waals surface area contributed by atoms with Crippen molar-refractivity contribution in [3.63, 3.8) is 0 Å². The Kier molecular flexibility index (Phi) is 6.39. The molecule has 180 valence electrons. The number of likely N-dealkylation sites (tertiary alicyclic amines) is 1. The minimum absolute atomic E-state index is 0.0797. The van der Waals surface area contributed by atoms with Crippen LogP contribution in [-0.4, -0.2) is 36.3 Å². The van der Waals surface area contributed by atoms with Gasteiger partial charge in [0, 0.05) is 48.8 Å². The minimum Gasteiger partial charge on any atom is -0.508 e. The molecule has 0 radical (unpaired) electrons. The normalized spacial score (nSPS) is 18.5. The number of fused-ring (bicyclic) bond motifs is 1. The number of alkyl halides is 1. The quantitative estimate of drug-likeness (QED) is 0.432. The minimum atomic E-state index is -0.656. The number of hydrogen-bond donors (Lipinski definition) is 1. The fraction of sp³-hybridized carbons (Fsp3) is 0.241. The van der Waals surface area contributed by atoms with Gasteiger partial charge in [-0.15, -0.1) is 0 Å². The van der Waals surface area contributed by atoms with Crippen LogP contribution in [0.1, 0.15) is 35.3 Å². The monoisotopic (exact) mass is 477 g/mol. The number of aromatic hydroxyl groups is 1. The molecule has 3 aromatic rings. The molecule has 1 saturated heterocycles. The van der Waals surface area contributed by atoms with Gasteiger partial charge in [0.2, 0.25) is 0 Å². The van der Waals surface area contributed by atoms with Crippen LogP contribution in [0.15, 0.2) is 66.7 Å². The molecule has 0 amide bonds. The molecule has 35 heavy (non-hydrogen) atoms. The van der Waals surface area contributed by atoms with Crippen LogP contribution in [-0.2, 0) is 0 Å². The Morgan fingerprint density at radius 1 is 1.00 bits per heavy atom. The molecule has 0 aromatic heterocycles. The number of rotatable bonds is 6. The van der Waals surface area contributed by atoms with Crippen molar-refractivity contribution in [1.82, 2.24) is 4.90 Å². The molecule has 0 bridgehead atoms. The molecular formula is C29H26F3NO2. The number of phenols is 1. The number of benzene rings is 3. The number of nitrogens with zero attached hydrogens (tertiary/aromatic N) is 1. The molecule has 1 atom stereocenters. The first kappa shape index (κ1) is 23.2. The zero-order valence-corrected chi connectivity index (χ0v) is 19.3. The van der Waals surface area contributed by atoms with Crippen LogP contribution in [0.5, 0.6) is 11.5 Å². The highest BCUT2D eigenvalue weighted by molar-refractivity contribution is 5.95. The third-order valence-corrected chi connectivity index (χ3v) is 6.62. The summed E-state index contributed by atoms with van der Waals surface area (Å²) in [5.74, 6) is -0.552. The van der Waals surface area contributed by atoms with Crippen molar-refractivity contribution < 1.29 is 23.0 Å². The summed E-state index contributed by atoms with van der Waals surface area (Å²) in [5, 5.41) is 9.97. The molecule has 1 N–H and O–H groups in total. The summed E-state index contributed by atoms with van der Waals surface area (Å²) in [5.41, 5.74) is 4.50. The van der Waals surface area contributed by atoms with Gasteiger partial charge in [-0.3, -0.25) is 9.29 Å². The Balaban J connectivity index is 1.45. The van der Waals surface area contributed by atoms with Gasteiger partial charge < -0.3 is 9.84 Å². The topological polar surface area (TPSA) is 32.7 Å². The average molecular weight is 478 g/mol. The summed E-state index contributed by atoms with van der Waals surface area (Å²) in [6.07, 6.45) is 3.47. The van der Waals surface area contributed by atoms with E-state index in [1.165, 1.54) is 12.1 Å². The Morgan fingerprint density at radius 2 is 1.71 bits per heavy atom. The van der Waals surface area contributed by atoms with E-state index >= 15 is 0 Å². The molecule has 1 fully saturated rings. The summed E-state index contributed by atoms with van der Waals surface area (Å²) in [6.45, 7) is 4.01. The predicted molar refractivity (Wildman–Crippen MR) is 132 cm³/mol. The van der Waals surface area contributed by atoms with Gasteiger partial charge in [0.25, 0.3) is 0 Å². The molecule has 2 aliphatic rings. The molecular weight excluding hydrogens is 451 g/mol. The highest BCUT2D eigenvalue weighted by atomic mass is 19.1. The first-order valence-corrected chi connectivity index (χ1v) is 11.6. The Morgan fingerprint density at radius 3 is 2.40 bits per heavy atom. The van der Waals surface area contributed by atoms with E-state index in [2.05, 4.69) is 11.0 Å². The smallest absolute Gasteiger partial charge is 0.150 e. The van der Waals surface area contributed by atoms with Gasteiger partial charge in [0.05, 0.1) is 6.67 Å². The summed E-state index contributed by atoms with van der Waals surface area (Å²) >= 11 is 0. The van der Waals surface area contributed by atoms with Gasteiger partial charge in [0.15, 0.2) is 0 Å². The van der Waals surface area contributed by atoms with Crippen molar-refractivity contribution in [2.45, 2.75) is 13.0 Å². The lowest BCUT2D eigenvalue weighted by Gasteiger charge is -2.36. The van der Waals surface area contributed by atoms with Gasteiger partial charge in [-0.1, -0.05) is 36.4 Å². The Hall–Kier alpha value is -3.51. The zero-order valence-electron chi connectivity index (χ0n) is 19.3. The van der Waals surface area contributed by atoms with Crippen molar-refractivity contribution in [2.75, 3.05) is 26.3 Å². The van der Waals surface area contributed by atoms with Gasteiger partial charge in [-0.05, 0) is 53.5 Å². The summed E-state index contributed by atoms with van der Waals surface area (Å²) < 4.78 is 47.1. The van der Waals surface area contributed by atoms with Crippen molar-refractivity contribution in [3.8, 4) is 11.5 Å². The van der Waals surface area contributed by atoms with E-state index in [0.29, 0.717) is 16.9 Å². The summed E-state index contributed by atoms with van der Waals surface area (Å²) in [6, 6.07) is 16.1. The maximum Gasteiger partial charge on any atom is 0.150 e. The lowest BCUT2D eigenvalue weighted by Crippen LogP contribution is -2.47. The van der Waals surface area contributed by atoms with Crippen LogP contribution in [0, 0.1) is 17.6 Å². The molecule has 0 aliphatic carbocycles. The maximum atomic E-state index is 14.1. The van der Waals surface area contributed by atoms with E-state index in [1.807, 2.05) is 37.3 Å². The van der Waals surface area contributed by atoms with Crippen molar-refractivity contribution >= 4 is 17.2 Å². The molecule has 2 aliphatic heterocycles. The van der Waals surface area contributed by atoms with Crippen LogP contribution >= 0.6 is 0 Å². The lowest BCUT2D eigenvalue weighted by molar-refractivity contribution is 0.0940. The number of phenolic OH excluding ortho intramolecular Hbond substituents is 1. The standard InChI is InChI=1S/C29H26F3NO2/c1-18-26-9-8-25(34)14-27(26)35-29(28(18)22-11-23(31)13-24(32)12-22)21-6-4-19(5-7-21)3-2-10-33-16-20(15-30)17-33/h2-9,11-14,20,29,34H,10,15-17H2,1H3/b3-2+/t29-/m1/s1. The number of halogens is 3. The molecule has 6 heteroatoms. The lowest BCUT2D eigenvalue weighted by atomic mass is 9.86. The Bertz CT molecular complexity index is 1270. The van der Waals surface area contributed by atoms with Gasteiger partial charge in [-0.2, -0.15) is 0 Å². The first-order valence-electron chi connectivity index (χ1n) is 11.6. The highest BCUT2D eigenvalue weighted by Gasteiger charge is 2.30. The molecule has 0 unspecified atom stereocenters. The fourth-order valence-corrected chi connectivity index (χ4v) is 4.80. The predicted octanol–water partition coefficient (Wildman–Crippen LogP) is 6.65. The van der Waals surface area contributed by atoms with E-state index in [-0.39, 0.29) is 18.3 Å². The van der Waals surface area contributed by atoms with E-state index in [9.17, 15) is 18.3 Å². The molecule has 0 saturated carbocycles. The van der Waals surface area contributed by atoms with Crippen molar-refractivity contribution in [2.24, 2.45) is 5.92 Å². The third-order valence-electron chi connectivity index (χ3n) is 6.62. The first-order chi connectivity index (χ1) is 16.9. The number of ether oxygens (including phenoxy) is 1. The third kappa shape index (κ3) is 4.84. The van der Waals surface area contributed by atoms with Crippen LogP contribution in [0.4, 0.5) is 13.2 Å². The second kappa shape index (κ2) is 9.62. The average Bonchev–Trinajstić information content (AvgIpc) is 2.80. The fourth-order valence-electron chi connectivity index (χ4n) is 4.80. The largest absolute Gasteiger partial charge is 0.508 e. The van der Waals surface area contributed by atoms with Crippen LogP contribution in [0.2, 0.25) is 0 Å². The van der Waals surface area contributed by atoms with E-state index in [1.54, 1.807) is 18.2 Å². The van der Waals surface area contributed by atoms with Crippen LogP contribution in [0.3, 0.4) is 0 Å². The Labute approximate surface area is 202 Å².